The van der Waals surface area contributed by atoms with Gasteiger partial charge in [0.05, 0.1) is 0 Å². The lowest BCUT2D eigenvalue weighted by atomic mass is 10.1. The van der Waals surface area contributed by atoms with Gasteiger partial charge in [0.25, 0.3) is 0 Å². The Kier molecular flexibility index (Phi) is 5.34. The molecule has 0 aromatic heterocycles. The Morgan fingerprint density at radius 2 is 2.00 bits per heavy atom. The molecule has 1 fully saturated rings. The maximum atomic E-state index is 12.1. The molecule has 1 aliphatic heterocycles. The van der Waals surface area contributed by atoms with Crippen LogP contribution < -0.4 is 10.2 Å². The van der Waals surface area contributed by atoms with Crippen LogP contribution in [0.25, 0.3) is 0 Å². The van der Waals surface area contributed by atoms with E-state index in [1.807, 2.05) is 30.9 Å². The largest absolute Gasteiger partial charge is 0.368 e. The molecule has 1 heterocycles. The van der Waals surface area contributed by atoms with Crippen molar-refractivity contribution in [3.8, 4) is 0 Å². The molecule has 0 spiro atoms. The van der Waals surface area contributed by atoms with E-state index in [0.29, 0.717) is 0 Å². The second-order valence-corrected chi connectivity index (χ2v) is 6.02. The molecule has 5 heteroatoms. The van der Waals surface area contributed by atoms with Gasteiger partial charge in [0, 0.05) is 42.9 Å². The average Bonchev–Trinajstić information content (AvgIpc) is 2.50. The van der Waals surface area contributed by atoms with Gasteiger partial charge in [-0.3, -0.25) is 0 Å². The number of halogens is 1. The van der Waals surface area contributed by atoms with Crippen LogP contribution in [0.1, 0.15) is 25.8 Å². The molecule has 0 radical (unpaired) electrons. The molecule has 2 rings (SSSR count). The quantitative estimate of drug-likeness (QED) is 0.930. The van der Waals surface area contributed by atoms with Crippen LogP contribution in [0.5, 0.6) is 0 Å². The minimum absolute atomic E-state index is 0.0480. The first-order chi connectivity index (χ1) is 10.0. The minimum atomic E-state index is 0.0480. The standard InChI is InChI=1S/C16H24ClN3O/c1-4-12(2)18-16(21)20-10-8-19(9-11-20)15-7-5-6-14(17)13(15)3/h5-7,12H,4,8-11H2,1-3H3,(H,18,21). The number of hydrogen-bond donors (Lipinski definition) is 1. The summed E-state index contributed by atoms with van der Waals surface area (Å²) in [4.78, 5) is 16.3. The minimum Gasteiger partial charge on any atom is -0.368 e. The van der Waals surface area contributed by atoms with E-state index >= 15 is 0 Å². The van der Waals surface area contributed by atoms with Crippen molar-refractivity contribution in [1.29, 1.82) is 0 Å². The molecular weight excluding hydrogens is 286 g/mol. The van der Waals surface area contributed by atoms with E-state index in [-0.39, 0.29) is 12.1 Å². The predicted molar refractivity (Wildman–Crippen MR) is 88.3 cm³/mol. The van der Waals surface area contributed by atoms with E-state index in [0.717, 1.165) is 43.2 Å². The Morgan fingerprint density at radius 3 is 2.62 bits per heavy atom. The maximum Gasteiger partial charge on any atom is 0.317 e. The fourth-order valence-electron chi connectivity index (χ4n) is 2.49. The number of carbonyl (C=O) groups excluding carboxylic acids is 1. The summed E-state index contributed by atoms with van der Waals surface area (Å²) in [6.07, 6.45) is 0.952. The van der Waals surface area contributed by atoms with Crippen LogP contribution in [0.2, 0.25) is 5.02 Å². The lowest BCUT2D eigenvalue weighted by Crippen LogP contribution is -2.53. The highest BCUT2D eigenvalue weighted by atomic mass is 35.5. The van der Waals surface area contributed by atoms with Gasteiger partial charge < -0.3 is 15.1 Å². The van der Waals surface area contributed by atoms with Crippen molar-refractivity contribution in [3.63, 3.8) is 0 Å². The lowest BCUT2D eigenvalue weighted by Gasteiger charge is -2.37. The zero-order chi connectivity index (χ0) is 15.4. The molecule has 2 amide bonds. The number of rotatable bonds is 3. The number of nitrogens with zero attached hydrogens (tertiary/aromatic N) is 2. The molecule has 0 saturated carbocycles. The van der Waals surface area contributed by atoms with Crippen LogP contribution >= 0.6 is 11.6 Å². The van der Waals surface area contributed by atoms with Gasteiger partial charge in [0.1, 0.15) is 0 Å². The Labute approximate surface area is 132 Å². The summed E-state index contributed by atoms with van der Waals surface area (Å²) >= 11 is 6.18. The summed E-state index contributed by atoms with van der Waals surface area (Å²) < 4.78 is 0. The molecule has 1 aromatic rings. The molecule has 0 aliphatic carbocycles. The van der Waals surface area contributed by atoms with Crippen molar-refractivity contribution in [3.05, 3.63) is 28.8 Å². The predicted octanol–water partition coefficient (Wildman–Crippen LogP) is 3.28. The van der Waals surface area contributed by atoms with Crippen LogP contribution in [-0.2, 0) is 0 Å². The van der Waals surface area contributed by atoms with Crippen molar-refractivity contribution in [2.75, 3.05) is 31.1 Å². The number of anilines is 1. The van der Waals surface area contributed by atoms with Crippen molar-refractivity contribution >= 4 is 23.3 Å². The highest BCUT2D eigenvalue weighted by Crippen LogP contribution is 2.27. The third-order valence-electron chi connectivity index (χ3n) is 4.13. The van der Waals surface area contributed by atoms with Crippen molar-refractivity contribution in [1.82, 2.24) is 10.2 Å². The highest BCUT2D eigenvalue weighted by molar-refractivity contribution is 6.31. The van der Waals surface area contributed by atoms with Gasteiger partial charge in [-0.25, -0.2) is 4.79 Å². The third kappa shape index (κ3) is 3.82. The first-order valence-electron chi connectivity index (χ1n) is 7.58. The molecule has 1 saturated heterocycles. The van der Waals surface area contributed by atoms with E-state index in [1.165, 1.54) is 5.69 Å². The molecule has 21 heavy (non-hydrogen) atoms. The van der Waals surface area contributed by atoms with Gasteiger partial charge in [0.2, 0.25) is 0 Å². The second-order valence-electron chi connectivity index (χ2n) is 5.62. The third-order valence-corrected chi connectivity index (χ3v) is 4.54. The molecule has 1 N–H and O–H groups in total. The smallest absolute Gasteiger partial charge is 0.317 e. The molecule has 1 unspecified atom stereocenters. The summed E-state index contributed by atoms with van der Waals surface area (Å²) in [5.41, 5.74) is 2.28. The summed E-state index contributed by atoms with van der Waals surface area (Å²) in [7, 11) is 0. The zero-order valence-electron chi connectivity index (χ0n) is 13.0. The maximum absolute atomic E-state index is 12.1. The number of benzene rings is 1. The number of nitrogens with one attached hydrogen (secondary N) is 1. The van der Waals surface area contributed by atoms with Crippen LogP contribution in [0.3, 0.4) is 0 Å². The first-order valence-corrected chi connectivity index (χ1v) is 7.96. The second kappa shape index (κ2) is 7.03. The Bertz CT molecular complexity index is 498. The van der Waals surface area contributed by atoms with Crippen LogP contribution in [0, 0.1) is 6.92 Å². The van der Waals surface area contributed by atoms with Crippen molar-refractivity contribution in [2.45, 2.75) is 33.2 Å². The average molecular weight is 310 g/mol. The van der Waals surface area contributed by atoms with E-state index in [9.17, 15) is 4.79 Å². The van der Waals surface area contributed by atoms with E-state index in [2.05, 4.69) is 23.2 Å². The van der Waals surface area contributed by atoms with Gasteiger partial charge in [-0.05, 0) is 38.0 Å². The molecule has 1 atom stereocenters. The van der Waals surface area contributed by atoms with Gasteiger partial charge in [-0.1, -0.05) is 24.6 Å². The number of hydrogen-bond acceptors (Lipinski definition) is 2. The fraction of sp³-hybridized carbons (Fsp3) is 0.562. The Morgan fingerprint density at radius 1 is 1.33 bits per heavy atom. The van der Waals surface area contributed by atoms with E-state index in [4.69, 9.17) is 11.6 Å². The van der Waals surface area contributed by atoms with Crippen molar-refractivity contribution < 1.29 is 4.79 Å². The summed E-state index contributed by atoms with van der Waals surface area (Å²) in [5.74, 6) is 0. The monoisotopic (exact) mass is 309 g/mol. The summed E-state index contributed by atoms with van der Waals surface area (Å²) in [6.45, 7) is 9.32. The molecular formula is C16H24ClN3O. The molecule has 1 aliphatic rings. The van der Waals surface area contributed by atoms with E-state index < -0.39 is 0 Å². The SMILES string of the molecule is CCC(C)NC(=O)N1CCN(c2cccc(Cl)c2C)CC1. The van der Waals surface area contributed by atoms with Crippen LogP contribution in [-0.4, -0.2) is 43.2 Å². The van der Waals surface area contributed by atoms with E-state index in [1.54, 1.807) is 0 Å². The van der Waals surface area contributed by atoms with Crippen LogP contribution in [0.15, 0.2) is 18.2 Å². The Balaban J connectivity index is 1.94. The summed E-state index contributed by atoms with van der Waals surface area (Å²) in [6, 6.07) is 6.26. The Hall–Kier alpha value is -1.42. The number of piperazine rings is 1. The topological polar surface area (TPSA) is 35.6 Å². The first kappa shape index (κ1) is 16.0. The van der Waals surface area contributed by atoms with Crippen molar-refractivity contribution in [2.24, 2.45) is 0 Å². The molecule has 0 bridgehead atoms. The number of amides is 2. The highest BCUT2D eigenvalue weighted by Gasteiger charge is 2.22. The van der Waals surface area contributed by atoms with Gasteiger partial charge in [-0.15, -0.1) is 0 Å². The molecule has 116 valence electrons. The normalized spacial score (nSPS) is 16.8. The van der Waals surface area contributed by atoms with Gasteiger partial charge in [0.15, 0.2) is 0 Å². The van der Waals surface area contributed by atoms with Gasteiger partial charge in [-0.2, -0.15) is 0 Å². The zero-order valence-corrected chi connectivity index (χ0v) is 13.8. The lowest BCUT2D eigenvalue weighted by molar-refractivity contribution is 0.191. The number of carbonyl (C=O) groups is 1. The fourth-order valence-corrected chi connectivity index (χ4v) is 2.66. The molecule has 4 nitrogen and oxygen atoms in total. The van der Waals surface area contributed by atoms with Crippen LogP contribution in [0.4, 0.5) is 10.5 Å². The summed E-state index contributed by atoms with van der Waals surface area (Å²) in [5, 5.41) is 3.82. The van der Waals surface area contributed by atoms with Gasteiger partial charge >= 0.3 is 6.03 Å². The molecule has 1 aromatic carbocycles. The number of urea groups is 1.